The number of allylic oxidation sites excluding steroid dienone is 1. The first-order chi connectivity index (χ1) is 7.69. The molecule has 0 spiro atoms. The van der Waals surface area contributed by atoms with Crippen molar-refractivity contribution in [2.45, 2.75) is 39.5 Å². The molecule has 0 aromatic heterocycles. The summed E-state index contributed by atoms with van der Waals surface area (Å²) in [7, 11) is 0. The van der Waals surface area contributed by atoms with E-state index in [4.69, 9.17) is 11.6 Å². The average molecular weight is 237 g/mol. The third-order valence-corrected chi connectivity index (χ3v) is 3.23. The number of rotatable bonds is 6. The molecule has 0 radical (unpaired) electrons. The van der Waals surface area contributed by atoms with E-state index in [0.29, 0.717) is 5.92 Å². The Bertz CT molecular complexity index is 318. The third kappa shape index (κ3) is 3.68. The Hall–Kier alpha value is -0.750. The lowest BCUT2D eigenvalue weighted by atomic mass is 9.87. The van der Waals surface area contributed by atoms with Gasteiger partial charge in [-0.1, -0.05) is 57.0 Å². The fourth-order valence-electron chi connectivity index (χ4n) is 2.09. The van der Waals surface area contributed by atoms with Gasteiger partial charge in [-0.3, -0.25) is 0 Å². The third-order valence-electron chi connectivity index (χ3n) is 2.98. The maximum Gasteiger partial charge on any atom is 0.0406 e. The number of benzene rings is 1. The first-order valence-electron chi connectivity index (χ1n) is 6.13. The molecule has 1 aromatic rings. The van der Waals surface area contributed by atoms with Crippen LogP contribution in [0.2, 0.25) is 5.02 Å². The predicted octanol–water partition coefficient (Wildman–Crippen LogP) is 5.57. The van der Waals surface area contributed by atoms with Crippen LogP contribution in [-0.4, -0.2) is 0 Å². The highest BCUT2D eigenvalue weighted by atomic mass is 35.5. The zero-order chi connectivity index (χ0) is 12.0. The predicted molar refractivity (Wildman–Crippen MR) is 73.8 cm³/mol. The molecule has 0 unspecified atom stereocenters. The minimum absolute atomic E-state index is 0.621. The van der Waals surface area contributed by atoms with Gasteiger partial charge in [-0.2, -0.15) is 0 Å². The molecule has 0 heterocycles. The van der Waals surface area contributed by atoms with Crippen molar-refractivity contribution in [2.75, 3.05) is 0 Å². The molecule has 0 aliphatic heterocycles. The molecule has 0 nitrogen and oxygen atoms in total. The summed E-state index contributed by atoms with van der Waals surface area (Å²) in [4.78, 5) is 0. The van der Waals surface area contributed by atoms with Crippen molar-refractivity contribution in [3.8, 4) is 0 Å². The first-order valence-corrected chi connectivity index (χ1v) is 6.51. The van der Waals surface area contributed by atoms with Crippen LogP contribution in [0, 0.1) is 5.92 Å². The molecule has 0 saturated carbocycles. The quantitative estimate of drug-likeness (QED) is 0.606. The van der Waals surface area contributed by atoms with Crippen molar-refractivity contribution in [3.63, 3.8) is 0 Å². The molecule has 0 amide bonds. The maximum absolute atomic E-state index is 5.89. The molecule has 1 heteroatoms. The van der Waals surface area contributed by atoms with Gasteiger partial charge in [0.1, 0.15) is 0 Å². The topological polar surface area (TPSA) is 0 Å². The molecule has 1 aromatic carbocycles. The molecule has 0 fully saturated rings. The van der Waals surface area contributed by atoms with E-state index in [1.54, 1.807) is 0 Å². The highest BCUT2D eigenvalue weighted by Crippen LogP contribution is 2.29. The zero-order valence-corrected chi connectivity index (χ0v) is 11.1. The van der Waals surface area contributed by atoms with Crippen molar-refractivity contribution >= 4 is 17.2 Å². The number of hydrogen-bond donors (Lipinski definition) is 0. The molecule has 0 saturated heterocycles. The van der Waals surface area contributed by atoms with Crippen molar-refractivity contribution in [1.29, 1.82) is 0 Å². The van der Waals surface area contributed by atoms with Crippen molar-refractivity contribution < 1.29 is 0 Å². The lowest BCUT2D eigenvalue weighted by molar-refractivity contribution is 0.544. The minimum Gasteiger partial charge on any atom is -0.0950 e. The summed E-state index contributed by atoms with van der Waals surface area (Å²) < 4.78 is 0. The Balaban J connectivity index is 2.77. The standard InChI is InChI=1S/C15H21Cl/c1-4-6-13(7-5-2)12(3)14-8-10-15(16)11-9-14/h8-11,13H,3-7H2,1-2H3. The molecule has 16 heavy (non-hydrogen) atoms. The van der Waals surface area contributed by atoms with E-state index < -0.39 is 0 Å². The highest BCUT2D eigenvalue weighted by Gasteiger charge is 2.12. The zero-order valence-electron chi connectivity index (χ0n) is 10.3. The van der Waals surface area contributed by atoms with E-state index in [1.807, 2.05) is 12.1 Å². The average Bonchev–Trinajstić information content (AvgIpc) is 2.29. The van der Waals surface area contributed by atoms with Crippen LogP contribution in [0.1, 0.15) is 45.1 Å². The van der Waals surface area contributed by atoms with Crippen LogP contribution in [0.3, 0.4) is 0 Å². The molecule has 1 rings (SSSR count). The minimum atomic E-state index is 0.621. The van der Waals surface area contributed by atoms with Gasteiger partial charge in [-0.05, 0) is 42.0 Å². The number of halogens is 1. The van der Waals surface area contributed by atoms with E-state index in [-0.39, 0.29) is 0 Å². The van der Waals surface area contributed by atoms with Crippen LogP contribution < -0.4 is 0 Å². The van der Waals surface area contributed by atoms with Crippen LogP contribution in [-0.2, 0) is 0 Å². The Morgan fingerprint density at radius 2 is 1.62 bits per heavy atom. The molecule has 0 N–H and O–H groups in total. The van der Waals surface area contributed by atoms with E-state index in [0.717, 1.165) is 5.02 Å². The van der Waals surface area contributed by atoms with E-state index in [2.05, 4.69) is 32.6 Å². The molecule has 0 bridgehead atoms. The van der Waals surface area contributed by atoms with Crippen LogP contribution in [0.25, 0.3) is 5.57 Å². The van der Waals surface area contributed by atoms with Gasteiger partial charge in [-0.15, -0.1) is 0 Å². The largest absolute Gasteiger partial charge is 0.0950 e. The summed E-state index contributed by atoms with van der Waals surface area (Å²) in [5, 5.41) is 0.791. The monoisotopic (exact) mass is 236 g/mol. The highest BCUT2D eigenvalue weighted by molar-refractivity contribution is 6.30. The summed E-state index contributed by atoms with van der Waals surface area (Å²) in [6, 6.07) is 8.03. The normalized spacial score (nSPS) is 10.8. The lowest BCUT2D eigenvalue weighted by Gasteiger charge is -2.18. The van der Waals surface area contributed by atoms with Gasteiger partial charge >= 0.3 is 0 Å². The van der Waals surface area contributed by atoms with Crippen LogP contribution >= 0.6 is 11.6 Å². The molecular formula is C15H21Cl. The second-order valence-electron chi connectivity index (χ2n) is 4.31. The summed E-state index contributed by atoms with van der Waals surface area (Å²) in [6.07, 6.45) is 4.90. The van der Waals surface area contributed by atoms with Gasteiger partial charge < -0.3 is 0 Å². The van der Waals surface area contributed by atoms with Crippen LogP contribution in [0.4, 0.5) is 0 Å². The molecular weight excluding hydrogens is 216 g/mol. The van der Waals surface area contributed by atoms with Crippen LogP contribution in [0.5, 0.6) is 0 Å². The summed E-state index contributed by atoms with van der Waals surface area (Å²) in [5.74, 6) is 0.621. The first kappa shape index (κ1) is 13.3. The lowest BCUT2D eigenvalue weighted by Crippen LogP contribution is -2.02. The van der Waals surface area contributed by atoms with E-state index in [1.165, 1.54) is 36.8 Å². The Morgan fingerprint density at radius 1 is 1.12 bits per heavy atom. The summed E-state index contributed by atoms with van der Waals surface area (Å²) in [5.41, 5.74) is 2.50. The Labute approximate surface area is 104 Å². The van der Waals surface area contributed by atoms with Gasteiger partial charge in [0, 0.05) is 5.02 Å². The van der Waals surface area contributed by atoms with Crippen molar-refractivity contribution in [2.24, 2.45) is 5.92 Å². The number of hydrogen-bond acceptors (Lipinski definition) is 0. The van der Waals surface area contributed by atoms with E-state index in [9.17, 15) is 0 Å². The van der Waals surface area contributed by atoms with Gasteiger partial charge in [0.05, 0.1) is 0 Å². The smallest absolute Gasteiger partial charge is 0.0406 e. The van der Waals surface area contributed by atoms with Gasteiger partial charge in [0.25, 0.3) is 0 Å². The second-order valence-corrected chi connectivity index (χ2v) is 4.74. The summed E-state index contributed by atoms with van der Waals surface area (Å²) in [6.45, 7) is 8.72. The molecule has 88 valence electrons. The second kappa shape index (κ2) is 6.75. The Kier molecular flexibility index (Phi) is 5.62. The summed E-state index contributed by atoms with van der Waals surface area (Å²) >= 11 is 5.89. The molecule has 0 aliphatic rings. The maximum atomic E-state index is 5.89. The Morgan fingerprint density at radius 3 is 2.06 bits per heavy atom. The van der Waals surface area contributed by atoms with Gasteiger partial charge in [0.2, 0.25) is 0 Å². The van der Waals surface area contributed by atoms with Crippen LogP contribution in [0.15, 0.2) is 30.8 Å². The molecule has 0 atom stereocenters. The SMILES string of the molecule is C=C(c1ccc(Cl)cc1)C(CCC)CCC. The van der Waals surface area contributed by atoms with Crippen molar-refractivity contribution in [1.82, 2.24) is 0 Å². The fourth-order valence-corrected chi connectivity index (χ4v) is 2.22. The van der Waals surface area contributed by atoms with Crippen molar-refractivity contribution in [3.05, 3.63) is 41.4 Å². The van der Waals surface area contributed by atoms with Gasteiger partial charge in [-0.25, -0.2) is 0 Å². The van der Waals surface area contributed by atoms with Gasteiger partial charge in [0.15, 0.2) is 0 Å². The van der Waals surface area contributed by atoms with E-state index >= 15 is 0 Å². The molecule has 0 aliphatic carbocycles. The fraction of sp³-hybridized carbons (Fsp3) is 0.467.